The highest BCUT2D eigenvalue weighted by atomic mass is 32.2. The van der Waals surface area contributed by atoms with Crippen molar-refractivity contribution >= 4 is 10.0 Å². The van der Waals surface area contributed by atoms with Gasteiger partial charge in [0.15, 0.2) is 0 Å². The second kappa shape index (κ2) is 13.9. The van der Waals surface area contributed by atoms with Crippen molar-refractivity contribution in [2.45, 2.75) is 90.9 Å². The molecule has 0 atom stereocenters. The molecule has 0 aromatic carbocycles. The van der Waals surface area contributed by atoms with Gasteiger partial charge in [-0.3, -0.25) is 0 Å². The van der Waals surface area contributed by atoms with Crippen molar-refractivity contribution in [3.63, 3.8) is 0 Å². The van der Waals surface area contributed by atoms with Gasteiger partial charge in [-0.1, -0.05) is 78.1 Å². The Bertz CT molecular complexity index is 289. The van der Waals surface area contributed by atoms with Crippen molar-refractivity contribution < 1.29 is 8.42 Å². The average Bonchev–Trinajstić information content (AvgIpc) is 2.41. The third-order valence-corrected chi connectivity index (χ3v) is 4.94. The first-order chi connectivity index (χ1) is 9.62. The number of hydrogen-bond donors (Lipinski definition) is 0. The molecule has 0 heterocycles. The summed E-state index contributed by atoms with van der Waals surface area (Å²) < 4.78 is 27.3. The molecule has 20 heavy (non-hydrogen) atoms. The summed E-state index contributed by atoms with van der Waals surface area (Å²) in [6, 6.07) is 0. The molecule has 0 amide bonds. The Labute approximate surface area is 127 Å². The Balaban J connectivity index is 3.41. The molecule has 0 fully saturated rings. The molecule has 4 heteroatoms. The van der Waals surface area contributed by atoms with E-state index in [4.69, 9.17) is 0 Å². The van der Waals surface area contributed by atoms with Crippen LogP contribution in [-0.2, 0) is 10.0 Å². The molecule has 0 saturated carbocycles. The maximum atomic E-state index is 11.7. The van der Waals surface area contributed by atoms with Crippen LogP contribution in [0.5, 0.6) is 0 Å². The van der Waals surface area contributed by atoms with E-state index < -0.39 is 10.0 Å². The Hall–Kier alpha value is -0.0900. The largest absolute Gasteiger partial charge is 0.227 e. The fourth-order valence-corrected chi connectivity index (χ4v) is 3.33. The Morgan fingerprint density at radius 1 is 0.650 bits per heavy atom. The second-order valence-corrected chi connectivity index (χ2v) is 7.50. The third-order valence-electron chi connectivity index (χ3n) is 3.56. The van der Waals surface area contributed by atoms with Crippen LogP contribution >= 0.6 is 0 Å². The molecule has 0 saturated heterocycles. The van der Waals surface area contributed by atoms with Crippen LogP contribution in [-0.4, -0.2) is 20.7 Å². The zero-order valence-corrected chi connectivity index (χ0v) is 14.4. The summed E-state index contributed by atoms with van der Waals surface area (Å²) in [6.45, 7) is 4.88. The van der Waals surface area contributed by atoms with Crippen molar-refractivity contribution in [3.05, 3.63) is 0 Å². The minimum atomic E-state index is -3.15. The molecule has 3 nitrogen and oxygen atoms in total. The molecule has 0 bridgehead atoms. The lowest BCUT2D eigenvalue weighted by atomic mass is 10.1. The van der Waals surface area contributed by atoms with Gasteiger partial charge in [0.05, 0.1) is 5.75 Å². The van der Waals surface area contributed by atoms with Crippen LogP contribution in [0.3, 0.4) is 0 Å². The summed E-state index contributed by atoms with van der Waals surface area (Å²) in [6.07, 6.45) is 13.7. The van der Waals surface area contributed by atoms with Crippen molar-refractivity contribution in [3.8, 4) is 0 Å². The highest BCUT2D eigenvalue weighted by Crippen LogP contribution is 2.07. The van der Waals surface area contributed by atoms with Gasteiger partial charge in [0.2, 0.25) is 10.0 Å². The molecule has 121 valence electrons. The van der Waals surface area contributed by atoms with Crippen LogP contribution in [0.25, 0.3) is 0 Å². The Morgan fingerprint density at radius 3 is 1.65 bits per heavy atom. The SMILES string of the molecule is CCCCCCCC[N]S(=O)(=O)CCCCCCCC. The molecular formula is C16H34NO2S. The predicted molar refractivity (Wildman–Crippen MR) is 87.5 cm³/mol. The first-order valence-electron chi connectivity index (χ1n) is 8.54. The fraction of sp³-hybridized carbons (Fsp3) is 1.00. The van der Waals surface area contributed by atoms with Crippen LogP contribution in [0.2, 0.25) is 0 Å². The van der Waals surface area contributed by atoms with Crippen molar-refractivity contribution in [2.75, 3.05) is 12.3 Å². The van der Waals surface area contributed by atoms with Crippen molar-refractivity contribution in [1.82, 2.24) is 4.72 Å². The normalized spacial score (nSPS) is 11.9. The van der Waals surface area contributed by atoms with E-state index in [0.29, 0.717) is 6.54 Å². The van der Waals surface area contributed by atoms with Crippen molar-refractivity contribution in [2.24, 2.45) is 0 Å². The van der Waals surface area contributed by atoms with Crippen LogP contribution < -0.4 is 4.72 Å². The molecule has 0 aromatic rings. The number of nitrogens with zero attached hydrogens (tertiary/aromatic N) is 1. The predicted octanol–water partition coefficient (Wildman–Crippen LogP) is 4.64. The zero-order chi connectivity index (χ0) is 15.1. The summed E-state index contributed by atoms with van der Waals surface area (Å²) in [5.74, 6) is 0.245. The third kappa shape index (κ3) is 14.3. The van der Waals surface area contributed by atoms with Crippen LogP contribution in [0.4, 0.5) is 0 Å². The Kier molecular flexibility index (Phi) is 13.8. The summed E-state index contributed by atoms with van der Waals surface area (Å²) in [4.78, 5) is 0. The monoisotopic (exact) mass is 304 g/mol. The minimum Gasteiger partial charge on any atom is -0.211 e. The molecule has 0 aliphatic rings. The fourth-order valence-electron chi connectivity index (χ4n) is 2.23. The topological polar surface area (TPSA) is 48.2 Å². The first-order valence-corrected chi connectivity index (χ1v) is 10.1. The smallest absolute Gasteiger partial charge is 0.211 e. The van der Waals surface area contributed by atoms with E-state index in [-0.39, 0.29) is 5.75 Å². The van der Waals surface area contributed by atoms with Gasteiger partial charge in [-0.05, 0) is 12.8 Å². The summed E-state index contributed by atoms with van der Waals surface area (Å²) in [5, 5.41) is 0. The number of unbranched alkanes of at least 4 members (excludes halogenated alkanes) is 10. The van der Waals surface area contributed by atoms with E-state index in [1.54, 1.807) is 0 Å². The van der Waals surface area contributed by atoms with E-state index in [1.165, 1.54) is 44.9 Å². The summed E-state index contributed by atoms with van der Waals surface area (Å²) >= 11 is 0. The van der Waals surface area contributed by atoms with Gasteiger partial charge in [0, 0.05) is 6.54 Å². The van der Waals surface area contributed by atoms with Gasteiger partial charge in [-0.25, -0.2) is 8.42 Å². The molecular weight excluding hydrogens is 270 g/mol. The highest BCUT2D eigenvalue weighted by Gasteiger charge is 2.10. The first kappa shape index (κ1) is 19.9. The molecule has 0 aromatic heterocycles. The van der Waals surface area contributed by atoms with E-state index in [0.717, 1.165) is 32.1 Å². The molecule has 0 N–H and O–H groups in total. The molecule has 0 unspecified atom stereocenters. The number of hydrogen-bond acceptors (Lipinski definition) is 2. The maximum Gasteiger partial charge on any atom is 0.227 e. The number of rotatable bonds is 15. The van der Waals surface area contributed by atoms with Crippen molar-refractivity contribution in [1.29, 1.82) is 0 Å². The average molecular weight is 305 g/mol. The van der Waals surface area contributed by atoms with Crippen LogP contribution in [0.15, 0.2) is 0 Å². The van der Waals surface area contributed by atoms with Crippen LogP contribution in [0, 0.1) is 0 Å². The Morgan fingerprint density at radius 2 is 1.10 bits per heavy atom. The maximum absolute atomic E-state index is 11.7. The van der Waals surface area contributed by atoms with Gasteiger partial charge < -0.3 is 0 Å². The van der Waals surface area contributed by atoms with Gasteiger partial charge in [0.25, 0.3) is 0 Å². The van der Waals surface area contributed by atoms with Gasteiger partial charge in [-0.2, -0.15) is 0 Å². The quantitative estimate of drug-likeness (QED) is 0.414. The molecule has 1 radical (unpaired) electrons. The second-order valence-electron chi connectivity index (χ2n) is 5.67. The lowest BCUT2D eigenvalue weighted by molar-refractivity contribution is 0.558. The standard InChI is InChI=1S/C16H34NO2S/c1-3-5-7-9-11-13-15-17-20(18,19)16-14-12-10-8-6-4-2/h3-16H2,1-2H3. The highest BCUT2D eigenvalue weighted by molar-refractivity contribution is 7.89. The zero-order valence-electron chi connectivity index (χ0n) is 13.6. The summed E-state index contributed by atoms with van der Waals surface area (Å²) in [5.41, 5.74) is 0. The molecule has 0 aliphatic carbocycles. The van der Waals surface area contributed by atoms with E-state index in [1.807, 2.05) is 0 Å². The molecule has 0 spiro atoms. The summed E-state index contributed by atoms with van der Waals surface area (Å²) in [7, 11) is -3.15. The number of sulfonamides is 1. The van der Waals surface area contributed by atoms with Crippen LogP contribution in [0.1, 0.15) is 90.9 Å². The van der Waals surface area contributed by atoms with Gasteiger partial charge in [-0.15, -0.1) is 4.72 Å². The molecule has 0 aliphatic heterocycles. The minimum absolute atomic E-state index is 0.245. The van der Waals surface area contributed by atoms with Gasteiger partial charge in [0.1, 0.15) is 0 Å². The van der Waals surface area contributed by atoms with E-state index in [9.17, 15) is 8.42 Å². The van der Waals surface area contributed by atoms with Gasteiger partial charge >= 0.3 is 0 Å². The van der Waals surface area contributed by atoms with E-state index >= 15 is 0 Å². The lowest BCUT2D eigenvalue weighted by Gasteiger charge is -2.04. The molecule has 0 rings (SSSR count). The lowest BCUT2D eigenvalue weighted by Crippen LogP contribution is -2.20. The van der Waals surface area contributed by atoms with E-state index in [2.05, 4.69) is 18.6 Å².